The zero-order valence-corrected chi connectivity index (χ0v) is 13.9. The topological polar surface area (TPSA) is 38.3 Å². The van der Waals surface area contributed by atoms with E-state index in [4.69, 9.17) is 16.3 Å². The SMILES string of the molecule is COc1ccccc1CCNC(=O)CSc1ccccc1Cl. The molecule has 2 aromatic carbocycles. The molecule has 1 N–H and O–H groups in total. The number of rotatable bonds is 7. The van der Waals surface area contributed by atoms with Crippen LogP contribution in [0.2, 0.25) is 5.02 Å². The predicted octanol–water partition coefficient (Wildman–Crippen LogP) is 3.80. The molecule has 116 valence electrons. The van der Waals surface area contributed by atoms with Gasteiger partial charge in [-0.1, -0.05) is 41.9 Å². The molecule has 0 fully saturated rings. The number of carbonyl (C=O) groups excluding carboxylic acids is 1. The summed E-state index contributed by atoms with van der Waals surface area (Å²) in [5, 5.41) is 3.59. The quantitative estimate of drug-likeness (QED) is 0.782. The monoisotopic (exact) mass is 335 g/mol. The molecule has 0 aliphatic rings. The van der Waals surface area contributed by atoms with Crippen molar-refractivity contribution in [2.45, 2.75) is 11.3 Å². The van der Waals surface area contributed by atoms with Gasteiger partial charge in [0.2, 0.25) is 5.91 Å². The third kappa shape index (κ3) is 4.97. The minimum atomic E-state index is -0.000169. The van der Waals surface area contributed by atoms with Crippen LogP contribution in [0.15, 0.2) is 53.4 Å². The summed E-state index contributed by atoms with van der Waals surface area (Å²) in [6, 6.07) is 15.3. The number of nitrogens with one attached hydrogen (secondary N) is 1. The molecule has 0 radical (unpaired) electrons. The maximum absolute atomic E-state index is 11.9. The fraction of sp³-hybridized carbons (Fsp3) is 0.235. The van der Waals surface area contributed by atoms with Crippen LogP contribution in [-0.2, 0) is 11.2 Å². The van der Waals surface area contributed by atoms with Gasteiger partial charge in [0, 0.05) is 11.4 Å². The lowest BCUT2D eigenvalue weighted by atomic mass is 10.1. The second-order valence-corrected chi connectivity index (χ2v) is 6.06. The van der Waals surface area contributed by atoms with Crippen molar-refractivity contribution in [1.29, 1.82) is 0 Å². The van der Waals surface area contributed by atoms with Crippen molar-refractivity contribution in [3.63, 3.8) is 0 Å². The normalized spacial score (nSPS) is 10.3. The Bertz CT molecular complexity index is 634. The van der Waals surface area contributed by atoms with Crippen molar-refractivity contribution >= 4 is 29.3 Å². The van der Waals surface area contributed by atoms with Crippen molar-refractivity contribution in [2.75, 3.05) is 19.4 Å². The Hall–Kier alpha value is -1.65. The van der Waals surface area contributed by atoms with Crippen LogP contribution < -0.4 is 10.1 Å². The molecule has 0 bridgehead atoms. The smallest absolute Gasteiger partial charge is 0.230 e. The molecule has 0 heterocycles. The molecule has 0 aliphatic heterocycles. The van der Waals surface area contributed by atoms with E-state index in [0.717, 1.165) is 22.6 Å². The number of halogens is 1. The molecular formula is C17H18ClNO2S. The summed E-state index contributed by atoms with van der Waals surface area (Å²) >= 11 is 7.50. The molecule has 0 aromatic heterocycles. The highest BCUT2D eigenvalue weighted by Crippen LogP contribution is 2.26. The number of ether oxygens (including phenoxy) is 1. The summed E-state index contributed by atoms with van der Waals surface area (Å²) < 4.78 is 5.29. The number of carbonyl (C=O) groups is 1. The maximum Gasteiger partial charge on any atom is 0.230 e. The number of para-hydroxylation sites is 1. The summed E-state index contributed by atoms with van der Waals surface area (Å²) in [4.78, 5) is 12.8. The first kappa shape index (κ1) is 16.7. The Morgan fingerprint density at radius 3 is 2.68 bits per heavy atom. The van der Waals surface area contributed by atoms with E-state index in [0.29, 0.717) is 17.3 Å². The number of hydrogen-bond acceptors (Lipinski definition) is 3. The largest absolute Gasteiger partial charge is 0.496 e. The van der Waals surface area contributed by atoms with Crippen LogP contribution in [0.25, 0.3) is 0 Å². The Labute approximate surface area is 140 Å². The van der Waals surface area contributed by atoms with Gasteiger partial charge in [-0.25, -0.2) is 0 Å². The zero-order valence-electron chi connectivity index (χ0n) is 12.3. The van der Waals surface area contributed by atoms with E-state index < -0.39 is 0 Å². The van der Waals surface area contributed by atoms with Crippen molar-refractivity contribution < 1.29 is 9.53 Å². The Morgan fingerprint density at radius 2 is 1.91 bits per heavy atom. The molecule has 0 atom stereocenters. The first-order chi connectivity index (χ1) is 10.7. The fourth-order valence-corrected chi connectivity index (χ4v) is 3.07. The minimum Gasteiger partial charge on any atom is -0.496 e. The molecular weight excluding hydrogens is 318 g/mol. The van der Waals surface area contributed by atoms with E-state index in [1.807, 2.05) is 48.5 Å². The predicted molar refractivity (Wildman–Crippen MR) is 91.9 cm³/mol. The molecule has 22 heavy (non-hydrogen) atoms. The molecule has 0 spiro atoms. The van der Waals surface area contributed by atoms with Crippen LogP contribution in [0.5, 0.6) is 5.75 Å². The van der Waals surface area contributed by atoms with Gasteiger partial charge in [-0.15, -0.1) is 11.8 Å². The molecule has 0 saturated carbocycles. The maximum atomic E-state index is 11.9. The Morgan fingerprint density at radius 1 is 1.18 bits per heavy atom. The van der Waals surface area contributed by atoms with Crippen LogP contribution in [0.4, 0.5) is 0 Å². The number of benzene rings is 2. The van der Waals surface area contributed by atoms with Gasteiger partial charge < -0.3 is 10.1 Å². The molecule has 3 nitrogen and oxygen atoms in total. The van der Waals surface area contributed by atoms with Gasteiger partial charge in [-0.2, -0.15) is 0 Å². The second kappa shape index (κ2) is 8.71. The van der Waals surface area contributed by atoms with Gasteiger partial charge in [-0.3, -0.25) is 4.79 Å². The van der Waals surface area contributed by atoms with E-state index in [1.54, 1.807) is 7.11 Å². The highest BCUT2D eigenvalue weighted by Gasteiger charge is 2.06. The van der Waals surface area contributed by atoms with Gasteiger partial charge in [0.15, 0.2) is 0 Å². The van der Waals surface area contributed by atoms with Crippen molar-refractivity contribution in [3.8, 4) is 5.75 Å². The average Bonchev–Trinajstić information content (AvgIpc) is 2.54. The molecule has 0 aliphatic carbocycles. The lowest BCUT2D eigenvalue weighted by molar-refractivity contribution is -0.118. The summed E-state index contributed by atoms with van der Waals surface area (Å²) in [7, 11) is 1.65. The number of thioether (sulfide) groups is 1. The van der Waals surface area contributed by atoms with Gasteiger partial charge in [-0.05, 0) is 30.2 Å². The van der Waals surface area contributed by atoms with Crippen molar-refractivity contribution in [3.05, 3.63) is 59.1 Å². The van der Waals surface area contributed by atoms with Crippen LogP contribution in [-0.4, -0.2) is 25.3 Å². The minimum absolute atomic E-state index is 0.000169. The number of amides is 1. The molecule has 1 amide bonds. The lowest BCUT2D eigenvalue weighted by Gasteiger charge is -2.09. The van der Waals surface area contributed by atoms with Crippen molar-refractivity contribution in [1.82, 2.24) is 5.32 Å². The van der Waals surface area contributed by atoms with Gasteiger partial charge >= 0.3 is 0 Å². The Kier molecular flexibility index (Phi) is 6.62. The first-order valence-electron chi connectivity index (χ1n) is 6.96. The van der Waals surface area contributed by atoms with Crippen LogP contribution in [0.1, 0.15) is 5.56 Å². The van der Waals surface area contributed by atoms with Crippen LogP contribution in [0.3, 0.4) is 0 Å². The summed E-state index contributed by atoms with van der Waals surface area (Å²) in [5.74, 6) is 1.21. The zero-order chi connectivity index (χ0) is 15.8. The third-order valence-corrected chi connectivity index (χ3v) is 4.62. The average molecular weight is 336 g/mol. The lowest BCUT2D eigenvalue weighted by Crippen LogP contribution is -2.27. The molecule has 5 heteroatoms. The molecule has 0 saturated heterocycles. The van der Waals surface area contributed by atoms with E-state index in [9.17, 15) is 4.79 Å². The summed E-state index contributed by atoms with van der Waals surface area (Å²) in [5.41, 5.74) is 1.09. The first-order valence-corrected chi connectivity index (χ1v) is 8.33. The van der Waals surface area contributed by atoms with Crippen molar-refractivity contribution in [2.24, 2.45) is 0 Å². The fourth-order valence-electron chi connectivity index (χ4n) is 2.00. The number of methoxy groups -OCH3 is 1. The molecule has 0 unspecified atom stereocenters. The summed E-state index contributed by atoms with van der Waals surface area (Å²) in [6.07, 6.45) is 0.743. The third-order valence-electron chi connectivity index (χ3n) is 3.10. The van der Waals surface area contributed by atoms with E-state index in [-0.39, 0.29) is 5.91 Å². The van der Waals surface area contributed by atoms with E-state index in [2.05, 4.69) is 5.32 Å². The number of hydrogen-bond donors (Lipinski definition) is 1. The van der Waals surface area contributed by atoms with Crippen LogP contribution >= 0.6 is 23.4 Å². The Balaban J connectivity index is 1.75. The van der Waals surface area contributed by atoms with E-state index >= 15 is 0 Å². The van der Waals surface area contributed by atoms with Gasteiger partial charge in [0.1, 0.15) is 5.75 Å². The van der Waals surface area contributed by atoms with Gasteiger partial charge in [0.25, 0.3) is 0 Å². The molecule has 2 rings (SSSR count). The van der Waals surface area contributed by atoms with Gasteiger partial charge in [0.05, 0.1) is 17.9 Å². The highest BCUT2D eigenvalue weighted by molar-refractivity contribution is 8.00. The van der Waals surface area contributed by atoms with E-state index in [1.165, 1.54) is 11.8 Å². The highest BCUT2D eigenvalue weighted by atomic mass is 35.5. The summed E-state index contributed by atoms with van der Waals surface area (Å²) in [6.45, 7) is 0.586. The second-order valence-electron chi connectivity index (χ2n) is 4.63. The standard InChI is InChI=1S/C17H18ClNO2S/c1-21-15-8-4-2-6-13(15)10-11-19-17(20)12-22-16-9-5-3-7-14(16)18/h2-9H,10-12H2,1H3,(H,19,20). The van der Waals surface area contributed by atoms with Crippen LogP contribution in [0, 0.1) is 0 Å². The molecule has 2 aromatic rings.